The Labute approximate surface area is 200 Å². The molecule has 0 aliphatic carbocycles. The first-order valence-corrected chi connectivity index (χ1v) is 11.4. The molecule has 8 heteroatoms. The largest absolute Gasteiger partial charge is 0.464 e. The number of aliphatic hydroxyl groups is 1. The van der Waals surface area contributed by atoms with Gasteiger partial charge in [-0.25, -0.2) is 14.4 Å². The van der Waals surface area contributed by atoms with Gasteiger partial charge in [0, 0.05) is 13.0 Å². The summed E-state index contributed by atoms with van der Waals surface area (Å²) >= 11 is 0. The van der Waals surface area contributed by atoms with E-state index in [9.17, 15) is 19.5 Å². The Bertz CT molecular complexity index is 904. The minimum atomic E-state index is -1.48. The molecule has 0 aliphatic heterocycles. The predicted molar refractivity (Wildman–Crippen MR) is 128 cm³/mol. The number of carbonyl (C=O) groups is 3. The van der Waals surface area contributed by atoms with E-state index in [-0.39, 0.29) is 38.6 Å². The molecule has 34 heavy (non-hydrogen) atoms. The molecule has 0 heterocycles. The highest BCUT2D eigenvalue weighted by Gasteiger charge is 2.28. The van der Waals surface area contributed by atoms with Crippen LogP contribution in [0.5, 0.6) is 0 Å². The number of hydrogen-bond acceptors (Lipinski definition) is 6. The van der Waals surface area contributed by atoms with Crippen LogP contribution in [0, 0.1) is 5.92 Å². The van der Waals surface area contributed by atoms with Crippen LogP contribution in [0.25, 0.3) is 0 Å². The molecule has 2 aromatic carbocycles. The van der Waals surface area contributed by atoms with E-state index in [4.69, 9.17) is 9.47 Å². The lowest BCUT2D eigenvalue weighted by atomic mass is 10.1. The van der Waals surface area contributed by atoms with Crippen LogP contribution in [0.2, 0.25) is 0 Å². The van der Waals surface area contributed by atoms with Gasteiger partial charge in [0.15, 0.2) is 6.10 Å². The van der Waals surface area contributed by atoms with Gasteiger partial charge in [-0.15, -0.1) is 0 Å². The van der Waals surface area contributed by atoms with Gasteiger partial charge < -0.3 is 24.8 Å². The third kappa shape index (κ3) is 9.23. The summed E-state index contributed by atoms with van der Waals surface area (Å²) in [6, 6.07) is 17.0. The van der Waals surface area contributed by atoms with Crippen LogP contribution in [0.4, 0.5) is 4.79 Å². The fraction of sp³-hybridized carbons (Fsp3) is 0.423. The van der Waals surface area contributed by atoms with Crippen molar-refractivity contribution in [3.8, 4) is 0 Å². The molecule has 8 nitrogen and oxygen atoms in total. The summed E-state index contributed by atoms with van der Waals surface area (Å²) in [6.07, 6.45) is -1.25. The van der Waals surface area contributed by atoms with Gasteiger partial charge in [0.25, 0.3) is 0 Å². The maximum atomic E-state index is 13.1. The standard InChI is InChI=1S/C26H34N2O6/c1-4-33-25(31)23(29)17-28(16-19(2)3)26(32)27-22(15-20-11-7-5-8-12-20)24(30)34-18-21-13-9-6-10-14-21/h5-14,19,22-23,29H,4,15-18H2,1-3H3,(H,27,32). The van der Waals surface area contributed by atoms with Crippen molar-refractivity contribution >= 4 is 18.0 Å². The fourth-order valence-corrected chi connectivity index (χ4v) is 3.32. The number of urea groups is 1. The molecule has 0 saturated carbocycles. The second-order valence-corrected chi connectivity index (χ2v) is 8.35. The molecule has 0 aromatic heterocycles. The van der Waals surface area contributed by atoms with Crippen molar-refractivity contribution in [2.75, 3.05) is 19.7 Å². The Morgan fingerprint density at radius 3 is 2.03 bits per heavy atom. The second-order valence-electron chi connectivity index (χ2n) is 8.35. The quantitative estimate of drug-likeness (QED) is 0.462. The lowest BCUT2D eigenvalue weighted by Crippen LogP contribution is -2.52. The van der Waals surface area contributed by atoms with E-state index in [0.29, 0.717) is 0 Å². The van der Waals surface area contributed by atoms with Crippen molar-refractivity contribution in [2.24, 2.45) is 5.92 Å². The average molecular weight is 471 g/mol. The van der Waals surface area contributed by atoms with Gasteiger partial charge in [0.1, 0.15) is 12.6 Å². The second kappa shape index (κ2) is 14.0. The van der Waals surface area contributed by atoms with E-state index < -0.39 is 30.1 Å². The van der Waals surface area contributed by atoms with Crippen molar-refractivity contribution in [2.45, 2.75) is 45.9 Å². The molecule has 2 atom stereocenters. The van der Waals surface area contributed by atoms with Crippen molar-refractivity contribution in [1.82, 2.24) is 10.2 Å². The maximum Gasteiger partial charge on any atom is 0.336 e. The highest BCUT2D eigenvalue weighted by atomic mass is 16.5. The number of esters is 2. The summed E-state index contributed by atoms with van der Waals surface area (Å²) in [5.41, 5.74) is 1.69. The zero-order chi connectivity index (χ0) is 24.9. The predicted octanol–water partition coefficient (Wildman–Crippen LogP) is 2.93. The normalized spacial score (nSPS) is 12.5. The molecule has 0 spiro atoms. The van der Waals surface area contributed by atoms with E-state index >= 15 is 0 Å². The highest BCUT2D eigenvalue weighted by molar-refractivity contribution is 5.84. The number of aliphatic hydroxyl groups excluding tert-OH is 1. The molecule has 2 unspecified atom stereocenters. The SMILES string of the molecule is CCOC(=O)C(O)CN(CC(C)C)C(=O)NC(Cc1ccccc1)C(=O)OCc1ccccc1. The fourth-order valence-electron chi connectivity index (χ4n) is 3.32. The van der Waals surface area contributed by atoms with Crippen molar-refractivity contribution in [1.29, 1.82) is 0 Å². The van der Waals surface area contributed by atoms with E-state index in [1.54, 1.807) is 6.92 Å². The van der Waals surface area contributed by atoms with Crippen LogP contribution < -0.4 is 5.32 Å². The van der Waals surface area contributed by atoms with Gasteiger partial charge >= 0.3 is 18.0 Å². The third-order valence-electron chi connectivity index (χ3n) is 4.91. The van der Waals surface area contributed by atoms with E-state index in [2.05, 4.69) is 5.32 Å². The number of nitrogens with one attached hydrogen (secondary N) is 1. The number of benzene rings is 2. The lowest BCUT2D eigenvalue weighted by Gasteiger charge is -2.28. The molecule has 0 bridgehead atoms. The number of hydrogen-bond donors (Lipinski definition) is 2. The van der Waals surface area contributed by atoms with Gasteiger partial charge in [-0.2, -0.15) is 0 Å². The molecule has 0 aliphatic rings. The van der Waals surface area contributed by atoms with Crippen LogP contribution >= 0.6 is 0 Å². The van der Waals surface area contributed by atoms with Gasteiger partial charge in [0.05, 0.1) is 13.2 Å². The summed E-state index contributed by atoms with van der Waals surface area (Å²) in [7, 11) is 0. The van der Waals surface area contributed by atoms with E-state index in [0.717, 1.165) is 11.1 Å². The summed E-state index contributed by atoms with van der Waals surface area (Å²) in [4.78, 5) is 39.2. The summed E-state index contributed by atoms with van der Waals surface area (Å²) < 4.78 is 10.3. The van der Waals surface area contributed by atoms with Crippen molar-refractivity contribution in [3.05, 3.63) is 71.8 Å². The number of nitrogens with zero attached hydrogens (tertiary/aromatic N) is 1. The molecule has 2 aromatic rings. The van der Waals surface area contributed by atoms with Gasteiger partial charge in [-0.3, -0.25) is 0 Å². The number of ether oxygens (including phenoxy) is 2. The number of amides is 2. The molecule has 2 amide bonds. The van der Waals surface area contributed by atoms with Crippen LogP contribution in [-0.4, -0.2) is 59.8 Å². The van der Waals surface area contributed by atoms with Gasteiger partial charge in [0.2, 0.25) is 0 Å². The van der Waals surface area contributed by atoms with E-state index in [1.165, 1.54) is 4.90 Å². The molecule has 2 rings (SSSR count). The molecule has 0 radical (unpaired) electrons. The molecular formula is C26H34N2O6. The monoisotopic (exact) mass is 470 g/mol. The maximum absolute atomic E-state index is 13.1. The van der Waals surface area contributed by atoms with Crippen LogP contribution in [0.1, 0.15) is 31.9 Å². The lowest BCUT2D eigenvalue weighted by molar-refractivity contribution is -0.153. The van der Waals surface area contributed by atoms with Gasteiger partial charge in [-0.1, -0.05) is 74.5 Å². The molecule has 0 fully saturated rings. The van der Waals surface area contributed by atoms with Crippen LogP contribution in [0.3, 0.4) is 0 Å². The highest BCUT2D eigenvalue weighted by Crippen LogP contribution is 2.09. The zero-order valence-corrected chi connectivity index (χ0v) is 20.0. The van der Waals surface area contributed by atoms with Crippen LogP contribution in [0.15, 0.2) is 60.7 Å². The third-order valence-corrected chi connectivity index (χ3v) is 4.91. The first-order valence-electron chi connectivity index (χ1n) is 11.4. The summed E-state index contributed by atoms with van der Waals surface area (Å²) in [5, 5.41) is 12.9. The molecular weight excluding hydrogens is 436 g/mol. The minimum absolute atomic E-state index is 0.0674. The average Bonchev–Trinajstić information content (AvgIpc) is 2.82. The Hall–Kier alpha value is -3.39. The first-order chi connectivity index (χ1) is 16.3. The molecule has 2 N–H and O–H groups in total. The Morgan fingerprint density at radius 1 is 0.882 bits per heavy atom. The minimum Gasteiger partial charge on any atom is -0.464 e. The Morgan fingerprint density at radius 2 is 1.47 bits per heavy atom. The first kappa shape index (κ1) is 26.9. The zero-order valence-electron chi connectivity index (χ0n) is 20.0. The number of carbonyl (C=O) groups excluding carboxylic acids is 3. The smallest absolute Gasteiger partial charge is 0.336 e. The topological polar surface area (TPSA) is 105 Å². The molecule has 0 saturated heterocycles. The number of rotatable bonds is 12. The summed E-state index contributed by atoms with van der Waals surface area (Å²) in [5.74, 6) is -1.30. The van der Waals surface area contributed by atoms with Crippen molar-refractivity contribution in [3.63, 3.8) is 0 Å². The van der Waals surface area contributed by atoms with Crippen LogP contribution in [-0.2, 0) is 32.1 Å². The summed E-state index contributed by atoms with van der Waals surface area (Å²) in [6.45, 7) is 5.69. The van der Waals surface area contributed by atoms with Crippen molar-refractivity contribution < 1.29 is 29.0 Å². The molecule has 184 valence electrons. The van der Waals surface area contributed by atoms with E-state index in [1.807, 2.05) is 74.5 Å². The van der Waals surface area contributed by atoms with Gasteiger partial charge in [-0.05, 0) is 24.0 Å². The Balaban J connectivity index is 2.14. The Kier molecular flexibility index (Phi) is 11.1.